The van der Waals surface area contributed by atoms with Crippen LogP contribution in [0.1, 0.15) is 0 Å². The smallest absolute Gasteiger partial charge is 0.409 e. The first-order valence-corrected chi connectivity index (χ1v) is 3.25. The molecule has 1 saturated heterocycles. The third kappa shape index (κ3) is 1.59. The van der Waals surface area contributed by atoms with Gasteiger partial charge >= 0.3 is 6.09 Å². The molecule has 1 fully saturated rings. The van der Waals surface area contributed by atoms with Gasteiger partial charge in [-0.3, -0.25) is 0 Å². The number of nitrogens with zero attached hydrogens (tertiary/aromatic N) is 1. The lowest BCUT2D eigenvalue weighted by atomic mass is 10.1. The van der Waals surface area contributed by atoms with E-state index in [9.17, 15) is 9.18 Å². The Morgan fingerprint density at radius 1 is 1.91 bits per heavy atom. The van der Waals surface area contributed by atoms with Gasteiger partial charge in [0, 0.05) is 7.05 Å². The van der Waals surface area contributed by atoms with Gasteiger partial charge in [0.25, 0.3) is 0 Å². The van der Waals surface area contributed by atoms with E-state index in [4.69, 9.17) is 5.11 Å². The molecule has 1 aliphatic heterocycles. The summed E-state index contributed by atoms with van der Waals surface area (Å²) in [5.41, 5.74) is -1.79. The van der Waals surface area contributed by atoms with Crippen molar-refractivity contribution in [1.29, 1.82) is 0 Å². The number of hydrogen-bond donors (Lipinski definition) is 1. The molecule has 0 aromatic rings. The lowest BCUT2D eigenvalue weighted by molar-refractivity contribution is -0.0484. The highest BCUT2D eigenvalue weighted by Crippen LogP contribution is 2.17. The number of carbonyl (C=O) groups excluding carboxylic acids is 1. The zero-order valence-electron chi connectivity index (χ0n) is 6.21. The van der Waals surface area contributed by atoms with Crippen molar-refractivity contribution in [3.8, 4) is 0 Å². The summed E-state index contributed by atoms with van der Waals surface area (Å²) in [6.45, 7) is -1.08. The molecule has 0 aromatic carbocycles. The van der Waals surface area contributed by atoms with E-state index >= 15 is 0 Å². The molecule has 1 heterocycles. The maximum Gasteiger partial charge on any atom is 0.409 e. The molecular weight excluding hydrogens is 153 g/mol. The van der Waals surface area contributed by atoms with Crippen LogP contribution in [-0.4, -0.2) is 48.6 Å². The molecule has 0 radical (unpaired) electrons. The van der Waals surface area contributed by atoms with Crippen molar-refractivity contribution >= 4 is 6.09 Å². The Hall–Kier alpha value is -0.840. The van der Waals surface area contributed by atoms with Crippen molar-refractivity contribution in [3.63, 3.8) is 0 Å². The van der Waals surface area contributed by atoms with Gasteiger partial charge in [0.2, 0.25) is 0 Å². The minimum absolute atomic E-state index is 0.109. The summed E-state index contributed by atoms with van der Waals surface area (Å²) in [7, 11) is 1.42. The number of alkyl halides is 1. The molecule has 11 heavy (non-hydrogen) atoms. The summed E-state index contributed by atoms with van der Waals surface area (Å²) in [6.07, 6.45) is -0.549. The summed E-state index contributed by atoms with van der Waals surface area (Å²) in [6, 6.07) is 0. The largest absolute Gasteiger partial charge is 0.446 e. The molecular formula is C6H10FNO3. The van der Waals surface area contributed by atoms with E-state index in [0.717, 1.165) is 4.90 Å². The van der Waals surface area contributed by atoms with Crippen molar-refractivity contribution < 1.29 is 19.0 Å². The van der Waals surface area contributed by atoms with Gasteiger partial charge in [-0.2, -0.15) is 0 Å². The van der Waals surface area contributed by atoms with E-state index in [1.54, 1.807) is 0 Å². The van der Waals surface area contributed by atoms with Crippen molar-refractivity contribution in [1.82, 2.24) is 4.90 Å². The summed E-state index contributed by atoms with van der Waals surface area (Å²) >= 11 is 0. The van der Waals surface area contributed by atoms with E-state index in [1.165, 1.54) is 7.05 Å². The quantitative estimate of drug-likeness (QED) is 0.580. The van der Waals surface area contributed by atoms with E-state index in [0.29, 0.717) is 0 Å². The van der Waals surface area contributed by atoms with Gasteiger partial charge in [-0.05, 0) is 0 Å². The Kier molecular flexibility index (Phi) is 1.99. The lowest BCUT2D eigenvalue weighted by Crippen LogP contribution is -2.52. The summed E-state index contributed by atoms with van der Waals surface area (Å²) in [5.74, 6) is 0. The Morgan fingerprint density at radius 2 is 2.55 bits per heavy atom. The van der Waals surface area contributed by atoms with Gasteiger partial charge in [-0.25, -0.2) is 9.18 Å². The highest BCUT2D eigenvalue weighted by atomic mass is 19.1. The molecule has 0 saturated carbocycles. The molecule has 4 nitrogen and oxygen atoms in total. The number of carbonyl (C=O) groups is 1. The van der Waals surface area contributed by atoms with Crippen LogP contribution < -0.4 is 0 Å². The third-order valence-corrected chi connectivity index (χ3v) is 1.57. The maximum atomic E-state index is 13.2. The topological polar surface area (TPSA) is 49.8 Å². The molecule has 5 heteroatoms. The van der Waals surface area contributed by atoms with Gasteiger partial charge in [0.05, 0.1) is 13.2 Å². The normalized spacial score (nSPS) is 31.9. The van der Waals surface area contributed by atoms with Crippen LogP contribution in [0.2, 0.25) is 0 Å². The standard InChI is InChI=1S/C6H10FNO3/c1-8-2-6(7,3-9)4-11-5(8)10/h9H,2-4H2,1H3. The van der Waals surface area contributed by atoms with Crippen LogP contribution in [0.3, 0.4) is 0 Å². The molecule has 1 N–H and O–H groups in total. The molecule has 64 valence electrons. The van der Waals surface area contributed by atoms with Crippen LogP contribution in [-0.2, 0) is 4.74 Å². The van der Waals surface area contributed by atoms with Gasteiger partial charge in [-0.1, -0.05) is 0 Å². The van der Waals surface area contributed by atoms with Crippen molar-refractivity contribution in [3.05, 3.63) is 0 Å². The number of halogens is 1. The number of ether oxygens (including phenoxy) is 1. The van der Waals surface area contributed by atoms with Crippen LogP contribution in [0.25, 0.3) is 0 Å². The number of amides is 1. The zero-order valence-corrected chi connectivity index (χ0v) is 6.21. The van der Waals surface area contributed by atoms with Crippen LogP contribution in [0.15, 0.2) is 0 Å². The predicted molar refractivity (Wildman–Crippen MR) is 34.9 cm³/mol. The fraction of sp³-hybridized carbons (Fsp3) is 0.833. The molecule has 1 rings (SSSR count). The first kappa shape index (κ1) is 8.26. The van der Waals surface area contributed by atoms with Crippen molar-refractivity contribution in [2.24, 2.45) is 0 Å². The Labute approximate surface area is 63.6 Å². The molecule has 0 spiro atoms. The first-order valence-electron chi connectivity index (χ1n) is 3.25. The SMILES string of the molecule is CN1CC(F)(CO)COC1=O. The number of aliphatic hydroxyl groups is 1. The summed E-state index contributed by atoms with van der Waals surface area (Å²) in [4.78, 5) is 11.8. The van der Waals surface area contributed by atoms with Gasteiger partial charge in [0.15, 0.2) is 5.67 Å². The van der Waals surface area contributed by atoms with Crippen molar-refractivity contribution in [2.75, 3.05) is 26.8 Å². The predicted octanol–water partition coefficient (Wildman–Crippen LogP) is -0.231. The number of aliphatic hydroxyl groups excluding tert-OH is 1. The lowest BCUT2D eigenvalue weighted by Gasteiger charge is -2.32. The summed E-state index contributed by atoms with van der Waals surface area (Å²) in [5, 5.41) is 8.56. The van der Waals surface area contributed by atoms with E-state index in [1.807, 2.05) is 0 Å². The number of cyclic esters (lactones) is 1. The minimum atomic E-state index is -1.79. The highest BCUT2D eigenvalue weighted by molar-refractivity contribution is 5.68. The fourth-order valence-corrected chi connectivity index (χ4v) is 0.932. The molecule has 0 aliphatic carbocycles. The highest BCUT2D eigenvalue weighted by Gasteiger charge is 2.38. The molecule has 0 bridgehead atoms. The Morgan fingerprint density at radius 3 is 3.00 bits per heavy atom. The van der Waals surface area contributed by atoms with Crippen LogP contribution in [0.5, 0.6) is 0 Å². The second-order valence-corrected chi connectivity index (χ2v) is 2.72. The molecule has 1 unspecified atom stereocenters. The van der Waals surface area contributed by atoms with Gasteiger partial charge < -0.3 is 14.7 Å². The molecule has 0 aromatic heterocycles. The van der Waals surface area contributed by atoms with E-state index in [-0.39, 0.29) is 13.2 Å². The third-order valence-electron chi connectivity index (χ3n) is 1.57. The molecule has 1 atom stereocenters. The number of hydrogen-bond acceptors (Lipinski definition) is 3. The van der Waals surface area contributed by atoms with Gasteiger partial charge in [0.1, 0.15) is 6.61 Å². The Bertz CT molecular complexity index is 175. The van der Waals surface area contributed by atoms with E-state index in [2.05, 4.69) is 4.74 Å². The van der Waals surface area contributed by atoms with Crippen LogP contribution >= 0.6 is 0 Å². The second-order valence-electron chi connectivity index (χ2n) is 2.72. The van der Waals surface area contributed by atoms with Crippen LogP contribution in [0, 0.1) is 0 Å². The maximum absolute atomic E-state index is 13.2. The monoisotopic (exact) mass is 163 g/mol. The molecule has 1 aliphatic rings. The van der Waals surface area contributed by atoms with Crippen LogP contribution in [0.4, 0.5) is 9.18 Å². The average molecular weight is 163 g/mol. The van der Waals surface area contributed by atoms with E-state index < -0.39 is 18.4 Å². The van der Waals surface area contributed by atoms with Gasteiger partial charge in [-0.15, -0.1) is 0 Å². The Balaban J connectivity index is 2.58. The minimum Gasteiger partial charge on any atom is -0.446 e. The molecule has 1 amide bonds. The number of rotatable bonds is 1. The summed E-state index contributed by atoms with van der Waals surface area (Å²) < 4.78 is 17.6. The average Bonchev–Trinajstić information content (AvgIpc) is 1.98. The fourth-order valence-electron chi connectivity index (χ4n) is 0.932. The first-order chi connectivity index (χ1) is 5.07. The second kappa shape index (κ2) is 2.65. The zero-order chi connectivity index (χ0) is 8.48. The van der Waals surface area contributed by atoms with Crippen molar-refractivity contribution in [2.45, 2.75) is 5.67 Å².